The van der Waals surface area contributed by atoms with Crippen LogP contribution in [0.25, 0.3) is 0 Å². The number of pyridine rings is 1. The highest BCUT2D eigenvalue weighted by atomic mass is 16.5. The van der Waals surface area contributed by atoms with Crippen LogP contribution in [0.4, 0.5) is 5.69 Å². The Hall–Kier alpha value is -4.35. The van der Waals surface area contributed by atoms with Gasteiger partial charge in [0.05, 0.1) is 5.69 Å². The maximum atomic E-state index is 13.7. The van der Waals surface area contributed by atoms with Gasteiger partial charge in [-0.3, -0.25) is 14.6 Å². The van der Waals surface area contributed by atoms with E-state index >= 15 is 0 Å². The normalized spacial score (nSPS) is 15.3. The zero-order valence-corrected chi connectivity index (χ0v) is 19.6. The van der Waals surface area contributed by atoms with Crippen LogP contribution in [-0.2, 0) is 4.79 Å². The fourth-order valence-corrected chi connectivity index (χ4v) is 3.70. The van der Waals surface area contributed by atoms with Gasteiger partial charge in [0.25, 0.3) is 5.91 Å². The Morgan fingerprint density at radius 3 is 2.66 bits per heavy atom. The highest BCUT2D eigenvalue weighted by Crippen LogP contribution is 2.39. The number of para-hydroxylation sites is 1. The molecule has 1 aliphatic rings. The molecule has 3 N–H and O–H groups in total. The Morgan fingerprint density at radius 2 is 1.97 bits per heavy atom. The van der Waals surface area contributed by atoms with Gasteiger partial charge in [-0.2, -0.15) is 0 Å². The third-order valence-electron chi connectivity index (χ3n) is 5.37. The molecule has 0 fully saturated rings. The summed E-state index contributed by atoms with van der Waals surface area (Å²) in [5.74, 6) is 4.95. The summed E-state index contributed by atoms with van der Waals surface area (Å²) in [4.78, 5) is 31.5. The molecular formula is C27H25N3O5. The van der Waals surface area contributed by atoms with Crippen molar-refractivity contribution in [2.75, 3.05) is 18.6 Å². The number of carbonyl (C=O) groups is 2. The number of ether oxygens (including phenoxy) is 2. The Balaban J connectivity index is 1.75. The number of primary amides is 1. The standard InChI is InChI=1S/C27H25N3O5/c1-27(2,33)13-11-17-9-10-21-20(15-17)30(3)26(32)19(16-34-21)23-22(12-14-29-24(23)25(28)31)35-18-7-5-4-6-8-18/h4-10,12,14-15,19,33H,16H2,1-3H3,(H2,28,31). The van der Waals surface area contributed by atoms with E-state index in [-0.39, 0.29) is 29.5 Å². The van der Waals surface area contributed by atoms with E-state index < -0.39 is 17.4 Å². The van der Waals surface area contributed by atoms with E-state index in [1.54, 1.807) is 57.3 Å². The first-order valence-electron chi connectivity index (χ1n) is 11.0. The van der Waals surface area contributed by atoms with Gasteiger partial charge in [0.15, 0.2) is 0 Å². The number of fused-ring (bicyclic) bond motifs is 1. The molecule has 8 heteroatoms. The summed E-state index contributed by atoms with van der Waals surface area (Å²) in [6.45, 7) is 3.13. The molecule has 0 spiro atoms. The molecule has 1 aliphatic heterocycles. The van der Waals surface area contributed by atoms with Gasteiger partial charge in [0, 0.05) is 24.4 Å². The lowest BCUT2D eigenvalue weighted by molar-refractivity contribution is -0.120. The lowest BCUT2D eigenvalue weighted by Crippen LogP contribution is -2.34. The highest BCUT2D eigenvalue weighted by Gasteiger charge is 2.36. The van der Waals surface area contributed by atoms with Crippen molar-refractivity contribution in [2.45, 2.75) is 25.4 Å². The minimum absolute atomic E-state index is 0.0536. The second-order valence-electron chi connectivity index (χ2n) is 8.60. The van der Waals surface area contributed by atoms with E-state index in [1.807, 2.05) is 18.2 Å². The molecule has 2 heterocycles. The highest BCUT2D eigenvalue weighted by molar-refractivity contribution is 6.03. The van der Waals surface area contributed by atoms with Crippen molar-refractivity contribution >= 4 is 17.5 Å². The third-order valence-corrected chi connectivity index (χ3v) is 5.37. The largest absolute Gasteiger partial charge is 0.490 e. The number of rotatable bonds is 4. The fraction of sp³-hybridized carbons (Fsp3) is 0.222. The second kappa shape index (κ2) is 9.49. The zero-order chi connectivity index (χ0) is 25.2. The van der Waals surface area contributed by atoms with Crippen LogP contribution in [0.5, 0.6) is 17.2 Å². The summed E-state index contributed by atoms with van der Waals surface area (Å²) in [7, 11) is 1.62. The number of nitrogens with two attached hydrogens (primary N) is 1. The lowest BCUT2D eigenvalue weighted by atomic mass is 9.95. The molecule has 0 saturated carbocycles. The molecule has 178 valence electrons. The number of nitrogens with zero attached hydrogens (tertiary/aromatic N) is 2. The molecule has 1 atom stereocenters. The van der Waals surface area contributed by atoms with E-state index in [0.717, 1.165) is 0 Å². The molecule has 1 aromatic heterocycles. The van der Waals surface area contributed by atoms with Crippen LogP contribution in [0.2, 0.25) is 0 Å². The summed E-state index contributed by atoms with van der Waals surface area (Å²) < 4.78 is 12.0. The number of likely N-dealkylation sites (N-methyl/N-ethyl adjacent to an activating group) is 1. The van der Waals surface area contributed by atoms with E-state index in [4.69, 9.17) is 15.2 Å². The number of anilines is 1. The molecular weight excluding hydrogens is 446 g/mol. The number of hydrogen-bond acceptors (Lipinski definition) is 6. The van der Waals surface area contributed by atoms with Crippen molar-refractivity contribution in [1.82, 2.24) is 4.98 Å². The van der Waals surface area contributed by atoms with Crippen LogP contribution in [0.15, 0.2) is 60.8 Å². The minimum Gasteiger partial charge on any atom is -0.490 e. The number of carbonyl (C=O) groups excluding carboxylic acids is 2. The lowest BCUT2D eigenvalue weighted by Gasteiger charge is -2.22. The van der Waals surface area contributed by atoms with Crippen molar-refractivity contribution in [3.05, 3.63) is 77.6 Å². The molecule has 0 saturated heterocycles. The summed E-state index contributed by atoms with van der Waals surface area (Å²) in [6, 6.07) is 15.8. The smallest absolute Gasteiger partial charge is 0.267 e. The van der Waals surface area contributed by atoms with Gasteiger partial charge in [0.1, 0.15) is 41.1 Å². The van der Waals surface area contributed by atoms with Crippen LogP contribution < -0.4 is 20.1 Å². The summed E-state index contributed by atoms with van der Waals surface area (Å²) in [5, 5.41) is 9.90. The quantitative estimate of drug-likeness (QED) is 0.565. The van der Waals surface area contributed by atoms with Gasteiger partial charge in [-0.15, -0.1) is 0 Å². The van der Waals surface area contributed by atoms with Crippen molar-refractivity contribution in [3.8, 4) is 29.1 Å². The Labute approximate surface area is 203 Å². The van der Waals surface area contributed by atoms with Crippen molar-refractivity contribution in [2.24, 2.45) is 5.73 Å². The van der Waals surface area contributed by atoms with E-state index in [2.05, 4.69) is 16.8 Å². The van der Waals surface area contributed by atoms with Crippen LogP contribution >= 0.6 is 0 Å². The number of aliphatic hydroxyl groups is 1. The minimum atomic E-state index is -1.16. The molecule has 8 nitrogen and oxygen atoms in total. The molecule has 0 bridgehead atoms. The Kier molecular flexibility index (Phi) is 6.45. The summed E-state index contributed by atoms with van der Waals surface area (Å²) >= 11 is 0. The molecule has 4 rings (SSSR count). The van der Waals surface area contributed by atoms with Gasteiger partial charge >= 0.3 is 0 Å². The molecule has 3 aromatic rings. The van der Waals surface area contributed by atoms with Crippen LogP contribution in [0.3, 0.4) is 0 Å². The monoisotopic (exact) mass is 471 g/mol. The maximum absolute atomic E-state index is 13.7. The molecule has 35 heavy (non-hydrogen) atoms. The SMILES string of the molecule is CN1C(=O)C(c2c(Oc3ccccc3)ccnc2C(N)=O)COc2ccc(C#CC(C)(C)O)cc21. The van der Waals surface area contributed by atoms with Crippen LogP contribution in [-0.4, -0.2) is 41.2 Å². The first kappa shape index (κ1) is 23.8. The summed E-state index contributed by atoms with van der Waals surface area (Å²) in [5.41, 5.74) is 5.78. The first-order valence-corrected chi connectivity index (χ1v) is 11.0. The average molecular weight is 472 g/mol. The van der Waals surface area contributed by atoms with Crippen molar-refractivity contribution in [3.63, 3.8) is 0 Å². The molecule has 0 radical (unpaired) electrons. The third kappa shape index (κ3) is 5.26. The number of hydrogen-bond donors (Lipinski definition) is 2. The molecule has 1 unspecified atom stereocenters. The van der Waals surface area contributed by atoms with Gasteiger partial charge in [-0.25, -0.2) is 0 Å². The predicted molar refractivity (Wildman–Crippen MR) is 131 cm³/mol. The van der Waals surface area contributed by atoms with Gasteiger partial charge in [-0.1, -0.05) is 30.0 Å². The topological polar surface area (TPSA) is 115 Å². The molecule has 2 aromatic carbocycles. The number of benzene rings is 2. The van der Waals surface area contributed by atoms with Gasteiger partial charge in [-0.05, 0) is 50.2 Å². The maximum Gasteiger partial charge on any atom is 0.267 e. The molecule has 2 amide bonds. The second-order valence-corrected chi connectivity index (χ2v) is 8.60. The van der Waals surface area contributed by atoms with E-state index in [1.165, 1.54) is 11.1 Å². The predicted octanol–water partition coefficient (Wildman–Crippen LogP) is 3.23. The average Bonchev–Trinajstić information content (AvgIpc) is 2.94. The Bertz CT molecular complexity index is 1340. The number of aromatic nitrogens is 1. The van der Waals surface area contributed by atoms with E-state index in [0.29, 0.717) is 22.7 Å². The fourth-order valence-electron chi connectivity index (χ4n) is 3.70. The van der Waals surface area contributed by atoms with E-state index in [9.17, 15) is 14.7 Å². The zero-order valence-electron chi connectivity index (χ0n) is 19.6. The summed E-state index contributed by atoms with van der Waals surface area (Å²) in [6.07, 6.45) is 1.41. The van der Waals surface area contributed by atoms with Crippen LogP contribution in [0, 0.1) is 11.8 Å². The van der Waals surface area contributed by atoms with Crippen molar-refractivity contribution in [1.29, 1.82) is 0 Å². The number of amides is 2. The van der Waals surface area contributed by atoms with Gasteiger partial charge in [0.2, 0.25) is 5.91 Å². The van der Waals surface area contributed by atoms with Crippen LogP contribution in [0.1, 0.15) is 41.4 Å². The Morgan fingerprint density at radius 1 is 1.23 bits per heavy atom. The van der Waals surface area contributed by atoms with Gasteiger partial charge < -0.3 is 25.2 Å². The van der Waals surface area contributed by atoms with Crippen molar-refractivity contribution < 1.29 is 24.2 Å². The first-order chi connectivity index (χ1) is 16.6. The molecule has 0 aliphatic carbocycles.